The van der Waals surface area contributed by atoms with Gasteiger partial charge in [-0.25, -0.2) is 0 Å². The summed E-state index contributed by atoms with van der Waals surface area (Å²) in [6.45, 7) is 4.30. The Balaban J connectivity index is 2.63. The minimum atomic E-state index is 0.0957. The Labute approximate surface area is 91.1 Å². The molecule has 1 rings (SSSR count). The van der Waals surface area contributed by atoms with Crippen LogP contribution in [0.25, 0.3) is 0 Å². The van der Waals surface area contributed by atoms with Crippen LogP contribution in [-0.4, -0.2) is 24.9 Å². The molecule has 1 unspecified atom stereocenters. The number of aliphatic hydroxyl groups is 1. The molecule has 0 bridgehead atoms. The molecule has 0 amide bonds. The summed E-state index contributed by atoms with van der Waals surface area (Å²) in [6, 6.07) is 7.79. The van der Waals surface area contributed by atoms with Crippen LogP contribution in [0.5, 0.6) is 5.75 Å². The quantitative estimate of drug-likeness (QED) is 0.780. The molecule has 1 atom stereocenters. The first kappa shape index (κ1) is 11.9. The highest BCUT2D eigenvalue weighted by Gasteiger charge is 2.11. The maximum absolute atomic E-state index is 9.17. The Kier molecular flexibility index (Phi) is 4.43. The lowest BCUT2D eigenvalue weighted by molar-refractivity contribution is 0.249. The summed E-state index contributed by atoms with van der Waals surface area (Å²) in [7, 11) is 1.65. The van der Waals surface area contributed by atoms with Gasteiger partial charge in [0.15, 0.2) is 0 Å². The maximum Gasteiger partial charge on any atom is 0.119 e. The van der Waals surface area contributed by atoms with Gasteiger partial charge in [-0.2, -0.15) is 0 Å². The average Bonchev–Trinajstić information content (AvgIpc) is 2.26. The number of nitrogens with one attached hydrogen (secondary N) is 1. The minimum absolute atomic E-state index is 0.0957. The van der Waals surface area contributed by atoms with Crippen molar-refractivity contribution in [1.82, 2.24) is 0 Å². The van der Waals surface area contributed by atoms with Crippen molar-refractivity contribution in [2.24, 2.45) is 5.92 Å². The van der Waals surface area contributed by atoms with Gasteiger partial charge in [0.1, 0.15) is 5.75 Å². The van der Waals surface area contributed by atoms with Crippen molar-refractivity contribution < 1.29 is 9.84 Å². The van der Waals surface area contributed by atoms with Gasteiger partial charge in [0, 0.05) is 5.69 Å². The molecule has 0 saturated carbocycles. The van der Waals surface area contributed by atoms with Crippen molar-refractivity contribution in [2.75, 3.05) is 19.0 Å². The second kappa shape index (κ2) is 5.61. The molecular weight excluding hydrogens is 190 g/mol. The second-order valence-corrected chi connectivity index (χ2v) is 3.91. The van der Waals surface area contributed by atoms with E-state index in [2.05, 4.69) is 19.2 Å². The summed E-state index contributed by atoms with van der Waals surface area (Å²) in [6.07, 6.45) is 0. The van der Waals surface area contributed by atoms with E-state index in [1.165, 1.54) is 0 Å². The van der Waals surface area contributed by atoms with Crippen molar-refractivity contribution in [3.8, 4) is 5.75 Å². The molecule has 0 aliphatic heterocycles. The number of anilines is 1. The first-order chi connectivity index (χ1) is 7.17. The predicted molar refractivity (Wildman–Crippen MR) is 62.3 cm³/mol. The third-order valence-corrected chi connectivity index (χ3v) is 2.44. The van der Waals surface area contributed by atoms with Crippen molar-refractivity contribution >= 4 is 5.69 Å². The van der Waals surface area contributed by atoms with E-state index in [-0.39, 0.29) is 12.6 Å². The molecule has 2 N–H and O–H groups in total. The summed E-state index contributed by atoms with van der Waals surface area (Å²) < 4.78 is 5.07. The third kappa shape index (κ3) is 3.44. The molecule has 0 radical (unpaired) electrons. The van der Waals surface area contributed by atoms with Gasteiger partial charge in [-0.1, -0.05) is 13.8 Å². The highest BCUT2D eigenvalue weighted by Crippen LogP contribution is 2.17. The van der Waals surface area contributed by atoms with Crippen molar-refractivity contribution in [2.45, 2.75) is 19.9 Å². The van der Waals surface area contributed by atoms with E-state index in [1.807, 2.05) is 24.3 Å². The maximum atomic E-state index is 9.17. The monoisotopic (exact) mass is 209 g/mol. The van der Waals surface area contributed by atoms with Gasteiger partial charge >= 0.3 is 0 Å². The molecule has 1 aromatic carbocycles. The van der Waals surface area contributed by atoms with Gasteiger partial charge < -0.3 is 15.2 Å². The molecule has 3 nitrogen and oxygen atoms in total. The van der Waals surface area contributed by atoms with E-state index in [9.17, 15) is 5.11 Å². The number of aliphatic hydroxyl groups excluding tert-OH is 1. The Morgan fingerprint density at radius 1 is 1.27 bits per heavy atom. The molecule has 0 aliphatic carbocycles. The Morgan fingerprint density at radius 3 is 2.27 bits per heavy atom. The summed E-state index contributed by atoms with van der Waals surface area (Å²) in [5, 5.41) is 12.4. The number of benzene rings is 1. The average molecular weight is 209 g/mol. The Hall–Kier alpha value is -1.22. The highest BCUT2D eigenvalue weighted by atomic mass is 16.5. The van der Waals surface area contributed by atoms with Gasteiger partial charge in [0.25, 0.3) is 0 Å². The second-order valence-electron chi connectivity index (χ2n) is 3.91. The van der Waals surface area contributed by atoms with Crippen LogP contribution in [-0.2, 0) is 0 Å². The van der Waals surface area contributed by atoms with E-state index in [4.69, 9.17) is 4.74 Å². The van der Waals surface area contributed by atoms with E-state index >= 15 is 0 Å². The number of hydrogen-bond acceptors (Lipinski definition) is 3. The minimum Gasteiger partial charge on any atom is -0.497 e. The molecule has 1 aromatic rings. The number of rotatable bonds is 5. The molecular formula is C12H19NO2. The van der Waals surface area contributed by atoms with Crippen molar-refractivity contribution in [3.05, 3.63) is 24.3 Å². The summed E-state index contributed by atoms with van der Waals surface area (Å²) in [5.41, 5.74) is 1.00. The fraction of sp³-hybridized carbons (Fsp3) is 0.500. The van der Waals surface area contributed by atoms with Gasteiger partial charge in [-0.15, -0.1) is 0 Å². The summed E-state index contributed by atoms with van der Waals surface area (Å²) in [5.74, 6) is 1.24. The SMILES string of the molecule is COc1ccc(NC(CO)C(C)C)cc1. The van der Waals surface area contributed by atoms with Crippen LogP contribution in [0.3, 0.4) is 0 Å². The molecule has 3 heteroatoms. The van der Waals surface area contributed by atoms with Crippen LogP contribution in [0.4, 0.5) is 5.69 Å². The van der Waals surface area contributed by atoms with Gasteiger partial charge in [0.05, 0.1) is 19.8 Å². The third-order valence-electron chi connectivity index (χ3n) is 2.44. The van der Waals surface area contributed by atoms with Crippen LogP contribution in [0, 0.1) is 5.92 Å². The van der Waals surface area contributed by atoms with Crippen LogP contribution in [0.2, 0.25) is 0 Å². The summed E-state index contributed by atoms with van der Waals surface area (Å²) >= 11 is 0. The Morgan fingerprint density at radius 2 is 1.87 bits per heavy atom. The van der Waals surface area contributed by atoms with Crippen LogP contribution >= 0.6 is 0 Å². The summed E-state index contributed by atoms with van der Waals surface area (Å²) in [4.78, 5) is 0. The highest BCUT2D eigenvalue weighted by molar-refractivity contribution is 5.47. The van der Waals surface area contributed by atoms with Crippen molar-refractivity contribution in [3.63, 3.8) is 0 Å². The lowest BCUT2D eigenvalue weighted by Crippen LogP contribution is -2.29. The zero-order chi connectivity index (χ0) is 11.3. The van der Waals surface area contributed by atoms with Crippen molar-refractivity contribution in [1.29, 1.82) is 0 Å². The molecule has 0 aliphatic rings. The van der Waals surface area contributed by atoms with Gasteiger partial charge in [-0.05, 0) is 30.2 Å². The van der Waals surface area contributed by atoms with E-state index < -0.39 is 0 Å². The lowest BCUT2D eigenvalue weighted by Gasteiger charge is -2.21. The number of ether oxygens (including phenoxy) is 1. The molecule has 0 heterocycles. The normalized spacial score (nSPS) is 12.6. The van der Waals surface area contributed by atoms with Gasteiger partial charge in [-0.3, -0.25) is 0 Å². The Bertz CT molecular complexity index is 282. The molecule has 0 saturated heterocycles. The van der Waals surface area contributed by atoms with Crippen LogP contribution < -0.4 is 10.1 Å². The standard InChI is InChI=1S/C12H19NO2/c1-9(2)12(8-14)13-10-4-6-11(15-3)7-5-10/h4-7,9,12-14H,8H2,1-3H3. The molecule has 0 fully saturated rings. The first-order valence-electron chi connectivity index (χ1n) is 5.18. The molecule has 15 heavy (non-hydrogen) atoms. The number of methoxy groups -OCH3 is 1. The molecule has 84 valence electrons. The first-order valence-corrected chi connectivity index (χ1v) is 5.18. The fourth-order valence-corrected chi connectivity index (χ4v) is 1.32. The fourth-order valence-electron chi connectivity index (χ4n) is 1.32. The largest absolute Gasteiger partial charge is 0.497 e. The topological polar surface area (TPSA) is 41.5 Å². The molecule has 0 aromatic heterocycles. The van der Waals surface area contributed by atoms with Gasteiger partial charge in [0.2, 0.25) is 0 Å². The zero-order valence-electron chi connectivity index (χ0n) is 9.53. The molecule has 0 spiro atoms. The lowest BCUT2D eigenvalue weighted by atomic mass is 10.1. The van der Waals surface area contributed by atoms with E-state index in [0.717, 1.165) is 11.4 Å². The predicted octanol–water partition coefficient (Wildman–Crippen LogP) is 2.12. The van der Waals surface area contributed by atoms with E-state index in [1.54, 1.807) is 7.11 Å². The van der Waals surface area contributed by atoms with Crippen LogP contribution in [0.15, 0.2) is 24.3 Å². The number of hydrogen-bond donors (Lipinski definition) is 2. The smallest absolute Gasteiger partial charge is 0.119 e. The van der Waals surface area contributed by atoms with E-state index in [0.29, 0.717) is 5.92 Å². The zero-order valence-corrected chi connectivity index (χ0v) is 9.53. The van der Waals surface area contributed by atoms with Crippen LogP contribution in [0.1, 0.15) is 13.8 Å².